The van der Waals surface area contributed by atoms with Crippen molar-refractivity contribution in [3.05, 3.63) is 35.9 Å². The topological polar surface area (TPSA) is 52.7 Å². The van der Waals surface area contributed by atoms with Gasteiger partial charge < -0.3 is 15.1 Å². The summed E-state index contributed by atoms with van der Waals surface area (Å²) in [5.41, 5.74) is 1.20. The Morgan fingerprint density at radius 2 is 1.46 bits per heavy atom. The zero-order chi connectivity index (χ0) is 19.3. The minimum atomic E-state index is 0.0291. The highest BCUT2D eigenvalue weighted by Crippen LogP contribution is 2.41. The molecular formula is C23H33N3O2. The van der Waals surface area contributed by atoms with Gasteiger partial charge in [0.25, 0.3) is 0 Å². The molecule has 0 bridgehead atoms. The van der Waals surface area contributed by atoms with E-state index < -0.39 is 0 Å². The third kappa shape index (κ3) is 4.68. The predicted molar refractivity (Wildman–Crippen MR) is 110 cm³/mol. The molecule has 5 nitrogen and oxygen atoms in total. The smallest absolute Gasteiger partial charge is 0.317 e. The number of rotatable bonds is 4. The SMILES string of the molecule is O=C(NC(c1ccccc1)C1CC1)N1CCC(C(=O)N2CCCCCC2)CC1. The monoisotopic (exact) mass is 383 g/mol. The number of nitrogens with zero attached hydrogens (tertiary/aromatic N) is 2. The Hall–Kier alpha value is -2.04. The number of hydrogen-bond acceptors (Lipinski definition) is 2. The minimum Gasteiger partial charge on any atom is -0.342 e. The van der Waals surface area contributed by atoms with Crippen molar-refractivity contribution < 1.29 is 9.59 Å². The summed E-state index contributed by atoms with van der Waals surface area (Å²) >= 11 is 0. The number of carbonyl (C=O) groups is 2. The molecule has 1 aromatic rings. The zero-order valence-electron chi connectivity index (χ0n) is 16.8. The highest BCUT2D eigenvalue weighted by molar-refractivity contribution is 5.80. The summed E-state index contributed by atoms with van der Waals surface area (Å²) < 4.78 is 0. The van der Waals surface area contributed by atoms with Crippen molar-refractivity contribution in [2.75, 3.05) is 26.2 Å². The van der Waals surface area contributed by atoms with Crippen LogP contribution in [0.15, 0.2) is 30.3 Å². The van der Waals surface area contributed by atoms with Crippen LogP contribution in [-0.4, -0.2) is 47.9 Å². The molecule has 0 aromatic heterocycles. The number of likely N-dealkylation sites (tertiary alicyclic amines) is 2. The van der Waals surface area contributed by atoms with Gasteiger partial charge in [0.1, 0.15) is 0 Å². The normalized spacial score (nSPS) is 22.4. The van der Waals surface area contributed by atoms with Crippen molar-refractivity contribution >= 4 is 11.9 Å². The number of benzene rings is 1. The maximum absolute atomic E-state index is 12.9. The molecule has 1 N–H and O–H groups in total. The van der Waals surface area contributed by atoms with E-state index in [4.69, 9.17) is 0 Å². The van der Waals surface area contributed by atoms with Gasteiger partial charge in [0.05, 0.1) is 6.04 Å². The van der Waals surface area contributed by atoms with Crippen LogP contribution in [0.5, 0.6) is 0 Å². The number of amides is 3. The third-order valence-corrected chi connectivity index (χ3v) is 6.58. The first-order valence-corrected chi connectivity index (χ1v) is 11.1. The Labute approximate surface area is 168 Å². The molecule has 2 aliphatic heterocycles. The molecule has 5 heteroatoms. The van der Waals surface area contributed by atoms with Gasteiger partial charge in [-0.05, 0) is 50.0 Å². The van der Waals surface area contributed by atoms with Gasteiger partial charge in [0, 0.05) is 32.1 Å². The van der Waals surface area contributed by atoms with Crippen molar-refractivity contribution in [3.63, 3.8) is 0 Å². The summed E-state index contributed by atoms with van der Waals surface area (Å²) in [4.78, 5) is 29.7. The number of urea groups is 1. The lowest BCUT2D eigenvalue weighted by molar-refractivity contribution is -0.136. The molecule has 0 spiro atoms. The first-order valence-electron chi connectivity index (χ1n) is 11.1. The maximum Gasteiger partial charge on any atom is 0.317 e. The molecule has 1 saturated carbocycles. The van der Waals surface area contributed by atoms with E-state index in [1.807, 2.05) is 23.1 Å². The number of nitrogens with one attached hydrogen (secondary N) is 1. The lowest BCUT2D eigenvalue weighted by atomic mass is 9.95. The van der Waals surface area contributed by atoms with Crippen LogP contribution in [0, 0.1) is 11.8 Å². The standard InChI is InChI=1S/C23H33N3O2/c27-22(25-14-6-1-2-7-15-25)20-12-16-26(17-13-20)23(28)24-21(19-10-11-19)18-8-4-3-5-9-18/h3-5,8-9,19-21H,1-2,6-7,10-17H2,(H,24,28). The molecule has 1 unspecified atom stereocenters. The molecule has 2 saturated heterocycles. The van der Waals surface area contributed by atoms with Gasteiger partial charge >= 0.3 is 6.03 Å². The Morgan fingerprint density at radius 3 is 2.07 bits per heavy atom. The van der Waals surface area contributed by atoms with Gasteiger partial charge in [0.15, 0.2) is 0 Å². The van der Waals surface area contributed by atoms with E-state index in [1.165, 1.54) is 31.2 Å². The molecular weight excluding hydrogens is 350 g/mol. The lowest BCUT2D eigenvalue weighted by Crippen LogP contribution is -2.48. The summed E-state index contributed by atoms with van der Waals surface area (Å²) in [6.07, 6.45) is 8.71. The molecule has 1 aromatic carbocycles. The summed E-state index contributed by atoms with van der Waals surface area (Å²) in [6, 6.07) is 10.5. The Morgan fingerprint density at radius 1 is 0.821 bits per heavy atom. The Balaban J connectivity index is 1.29. The average molecular weight is 384 g/mol. The molecule has 28 heavy (non-hydrogen) atoms. The summed E-state index contributed by atoms with van der Waals surface area (Å²) in [5.74, 6) is 0.978. The van der Waals surface area contributed by atoms with Gasteiger partial charge in [0.2, 0.25) is 5.91 Å². The van der Waals surface area contributed by atoms with Crippen LogP contribution in [0.2, 0.25) is 0 Å². The molecule has 0 radical (unpaired) electrons. The van der Waals surface area contributed by atoms with Crippen LogP contribution < -0.4 is 5.32 Å². The highest BCUT2D eigenvalue weighted by atomic mass is 16.2. The number of carbonyl (C=O) groups excluding carboxylic acids is 2. The van der Waals surface area contributed by atoms with Crippen LogP contribution in [0.1, 0.15) is 63.0 Å². The molecule has 3 aliphatic rings. The van der Waals surface area contributed by atoms with E-state index in [-0.39, 0.29) is 18.0 Å². The van der Waals surface area contributed by atoms with Crippen LogP contribution in [0.4, 0.5) is 4.79 Å². The first kappa shape index (κ1) is 19.3. The van der Waals surface area contributed by atoms with Gasteiger partial charge in [-0.3, -0.25) is 4.79 Å². The summed E-state index contributed by atoms with van der Waals surface area (Å²) in [5, 5.41) is 3.27. The Kier molecular flexibility index (Phi) is 6.18. The molecule has 3 fully saturated rings. The molecule has 4 rings (SSSR count). The zero-order valence-corrected chi connectivity index (χ0v) is 16.8. The second-order valence-electron chi connectivity index (χ2n) is 8.68. The predicted octanol–water partition coefficient (Wildman–Crippen LogP) is 3.96. The average Bonchev–Trinajstić information content (AvgIpc) is 3.59. The molecule has 3 amide bonds. The van der Waals surface area contributed by atoms with Crippen molar-refractivity contribution in [1.82, 2.24) is 15.1 Å². The largest absolute Gasteiger partial charge is 0.342 e. The van der Waals surface area contributed by atoms with Crippen molar-refractivity contribution in [2.24, 2.45) is 11.8 Å². The summed E-state index contributed by atoms with van der Waals surface area (Å²) in [7, 11) is 0. The lowest BCUT2D eigenvalue weighted by Gasteiger charge is -2.35. The fourth-order valence-corrected chi connectivity index (χ4v) is 4.67. The van der Waals surface area contributed by atoms with E-state index in [0.29, 0.717) is 24.9 Å². The second-order valence-corrected chi connectivity index (χ2v) is 8.68. The van der Waals surface area contributed by atoms with Gasteiger partial charge in [-0.25, -0.2) is 4.79 Å². The molecule has 1 aliphatic carbocycles. The second kappa shape index (κ2) is 8.97. The summed E-state index contributed by atoms with van der Waals surface area (Å²) in [6.45, 7) is 3.20. The third-order valence-electron chi connectivity index (χ3n) is 6.58. The van der Waals surface area contributed by atoms with E-state index in [1.54, 1.807) is 0 Å². The van der Waals surface area contributed by atoms with Crippen molar-refractivity contribution in [2.45, 2.75) is 57.4 Å². The van der Waals surface area contributed by atoms with Gasteiger partial charge in [-0.2, -0.15) is 0 Å². The highest BCUT2D eigenvalue weighted by Gasteiger charge is 2.35. The van der Waals surface area contributed by atoms with Crippen LogP contribution in [0.25, 0.3) is 0 Å². The van der Waals surface area contributed by atoms with E-state index in [0.717, 1.165) is 38.8 Å². The van der Waals surface area contributed by atoms with Gasteiger partial charge in [-0.15, -0.1) is 0 Å². The fourth-order valence-electron chi connectivity index (χ4n) is 4.67. The van der Waals surface area contributed by atoms with Crippen molar-refractivity contribution in [3.8, 4) is 0 Å². The van der Waals surface area contributed by atoms with Crippen molar-refractivity contribution in [1.29, 1.82) is 0 Å². The number of hydrogen-bond donors (Lipinski definition) is 1. The quantitative estimate of drug-likeness (QED) is 0.856. The maximum atomic E-state index is 12.9. The first-order chi connectivity index (χ1) is 13.7. The molecule has 1 atom stereocenters. The van der Waals surface area contributed by atoms with Gasteiger partial charge in [-0.1, -0.05) is 43.2 Å². The van der Waals surface area contributed by atoms with Crippen LogP contribution in [-0.2, 0) is 4.79 Å². The van der Waals surface area contributed by atoms with Crippen LogP contribution >= 0.6 is 0 Å². The van der Waals surface area contributed by atoms with E-state index in [2.05, 4.69) is 22.3 Å². The fraction of sp³-hybridized carbons (Fsp3) is 0.652. The minimum absolute atomic E-state index is 0.0291. The molecule has 2 heterocycles. The molecule has 152 valence electrons. The Bertz CT molecular complexity index is 658. The van der Waals surface area contributed by atoms with Crippen LogP contribution in [0.3, 0.4) is 0 Å². The van der Waals surface area contributed by atoms with E-state index in [9.17, 15) is 9.59 Å². The number of piperidine rings is 1. The van der Waals surface area contributed by atoms with E-state index >= 15 is 0 Å².